The van der Waals surface area contributed by atoms with E-state index in [0.29, 0.717) is 6.54 Å². The number of nitrogens with zero attached hydrogens (tertiary/aromatic N) is 1. The van der Waals surface area contributed by atoms with Crippen molar-refractivity contribution in [2.75, 3.05) is 24.2 Å². The van der Waals surface area contributed by atoms with Crippen molar-refractivity contribution < 1.29 is 0 Å². The van der Waals surface area contributed by atoms with E-state index >= 15 is 0 Å². The molecule has 0 bridgehead atoms. The molecule has 0 fully saturated rings. The van der Waals surface area contributed by atoms with E-state index in [-0.39, 0.29) is 0 Å². The summed E-state index contributed by atoms with van der Waals surface area (Å²) >= 11 is 1.78. The second kappa shape index (κ2) is 7.62. The molecule has 96 valence electrons. The Morgan fingerprint density at radius 3 is 2.59 bits per heavy atom. The van der Waals surface area contributed by atoms with Crippen LogP contribution >= 0.6 is 11.8 Å². The molecule has 1 aromatic rings. The molecule has 0 spiro atoms. The van der Waals surface area contributed by atoms with Crippen molar-refractivity contribution in [1.82, 2.24) is 0 Å². The predicted octanol–water partition coefficient (Wildman–Crippen LogP) is 3.49. The molecule has 0 heterocycles. The van der Waals surface area contributed by atoms with Crippen LogP contribution < -0.4 is 10.6 Å². The van der Waals surface area contributed by atoms with Crippen LogP contribution in [0, 0.1) is 0 Å². The highest BCUT2D eigenvalue weighted by molar-refractivity contribution is 7.98. The fraction of sp³-hybridized carbons (Fsp3) is 0.571. The Morgan fingerprint density at radius 2 is 2.06 bits per heavy atom. The van der Waals surface area contributed by atoms with Gasteiger partial charge in [0.25, 0.3) is 0 Å². The zero-order chi connectivity index (χ0) is 12.7. The highest BCUT2D eigenvalue weighted by Crippen LogP contribution is 2.29. The summed E-state index contributed by atoms with van der Waals surface area (Å²) in [5.74, 6) is 0. The summed E-state index contributed by atoms with van der Waals surface area (Å²) in [4.78, 5) is 3.74. The van der Waals surface area contributed by atoms with Gasteiger partial charge >= 0.3 is 0 Å². The summed E-state index contributed by atoms with van der Waals surface area (Å²) in [5, 5.41) is 0. The van der Waals surface area contributed by atoms with Crippen LogP contribution in [0.15, 0.2) is 23.1 Å². The summed E-state index contributed by atoms with van der Waals surface area (Å²) in [5.41, 5.74) is 8.51. The molecule has 2 N–H and O–H groups in total. The summed E-state index contributed by atoms with van der Waals surface area (Å²) in [6, 6.07) is 6.49. The van der Waals surface area contributed by atoms with Crippen LogP contribution in [0.2, 0.25) is 0 Å². The van der Waals surface area contributed by atoms with Crippen molar-refractivity contribution in [2.24, 2.45) is 5.73 Å². The Hall–Kier alpha value is -0.670. The summed E-state index contributed by atoms with van der Waals surface area (Å²) < 4.78 is 0. The normalized spacial score (nSPS) is 10.6. The van der Waals surface area contributed by atoms with Crippen LogP contribution in [0.1, 0.15) is 32.3 Å². The molecule has 0 saturated heterocycles. The van der Waals surface area contributed by atoms with Gasteiger partial charge in [-0.2, -0.15) is 0 Å². The number of thioether (sulfide) groups is 1. The van der Waals surface area contributed by atoms with Crippen molar-refractivity contribution in [1.29, 1.82) is 0 Å². The maximum absolute atomic E-state index is 5.91. The first kappa shape index (κ1) is 14.4. The first-order chi connectivity index (χ1) is 8.28. The number of rotatable bonds is 7. The molecule has 1 rings (SSSR count). The van der Waals surface area contributed by atoms with Crippen LogP contribution in [0.5, 0.6) is 0 Å². The van der Waals surface area contributed by atoms with E-state index in [1.165, 1.54) is 29.0 Å². The molecule has 2 nitrogen and oxygen atoms in total. The van der Waals surface area contributed by atoms with Gasteiger partial charge in [-0.05, 0) is 31.7 Å². The molecular weight excluding hydrogens is 228 g/mol. The maximum atomic E-state index is 5.91. The Morgan fingerprint density at radius 1 is 1.29 bits per heavy atom. The Labute approximate surface area is 110 Å². The third kappa shape index (κ3) is 3.65. The Kier molecular flexibility index (Phi) is 6.45. The molecule has 0 atom stereocenters. The van der Waals surface area contributed by atoms with Crippen molar-refractivity contribution in [3.63, 3.8) is 0 Å². The highest BCUT2D eigenvalue weighted by atomic mass is 32.2. The van der Waals surface area contributed by atoms with Gasteiger partial charge in [0.1, 0.15) is 0 Å². The lowest BCUT2D eigenvalue weighted by Crippen LogP contribution is -2.25. The molecule has 0 amide bonds. The zero-order valence-corrected chi connectivity index (χ0v) is 12.0. The minimum atomic E-state index is 0.620. The molecule has 0 radical (unpaired) electrons. The van der Waals surface area contributed by atoms with Crippen molar-refractivity contribution in [3.8, 4) is 0 Å². The molecule has 0 saturated carbocycles. The van der Waals surface area contributed by atoms with Crippen LogP contribution in [0.3, 0.4) is 0 Å². The van der Waals surface area contributed by atoms with E-state index in [1.54, 1.807) is 11.8 Å². The third-order valence-corrected chi connectivity index (χ3v) is 3.86. The number of hydrogen-bond acceptors (Lipinski definition) is 3. The summed E-state index contributed by atoms with van der Waals surface area (Å²) in [7, 11) is 0. The third-order valence-electron chi connectivity index (χ3n) is 3.04. The minimum absolute atomic E-state index is 0.620. The van der Waals surface area contributed by atoms with Gasteiger partial charge in [0, 0.05) is 35.8 Å². The van der Waals surface area contributed by atoms with Crippen molar-refractivity contribution >= 4 is 17.4 Å². The smallest absolute Gasteiger partial charge is 0.0422 e. The minimum Gasteiger partial charge on any atom is -0.372 e. The zero-order valence-electron chi connectivity index (χ0n) is 11.2. The summed E-state index contributed by atoms with van der Waals surface area (Å²) in [6.45, 7) is 7.23. The van der Waals surface area contributed by atoms with Gasteiger partial charge < -0.3 is 10.6 Å². The molecule has 0 aliphatic heterocycles. The predicted molar refractivity (Wildman–Crippen MR) is 78.9 cm³/mol. The fourth-order valence-corrected chi connectivity index (χ4v) is 2.69. The van der Waals surface area contributed by atoms with Crippen LogP contribution in [0.25, 0.3) is 0 Å². The highest BCUT2D eigenvalue weighted by Gasteiger charge is 2.11. The molecule has 1 aromatic carbocycles. The Balaban J connectivity index is 3.00. The maximum Gasteiger partial charge on any atom is 0.0422 e. The van der Waals surface area contributed by atoms with Gasteiger partial charge in [0.15, 0.2) is 0 Å². The van der Waals surface area contributed by atoms with Gasteiger partial charge in [-0.15, -0.1) is 11.8 Å². The van der Waals surface area contributed by atoms with E-state index in [4.69, 9.17) is 5.73 Å². The number of benzene rings is 1. The van der Waals surface area contributed by atoms with E-state index in [1.807, 2.05) is 0 Å². The number of hydrogen-bond donors (Lipinski definition) is 1. The Bertz CT molecular complexity index is 339. The van der Waals surface area contributed by atoms with Gasteiger partial charge in [0.05, 0.1) is 0 Å². The standard InChI is InChI=1S/C14H24N2S/c1-4-6-10-16(5-2)13-8-7-9-14(17-3)12(13)11-15/h7-9H,4-6,10-11,15H2,1-3H3. The van der Waals surface area contributed by atoms with E-state index in [9.17, 15) is 0 Å². The quantitative estimate of drug-likeness (QED) is 0.753. The molecule has 0 unspecified atom stereocenters. The first-order valence-corrected chi connectivity index (χ1v) is 7.61. The lowest BCUT2D eigenvalue weighted by Gasteiger charge is -2.26. The fourth-order valence-electron chi connectivity index (χ4n) is 2.04. The lowest BCUT2D eigenvalue weighted by molar-refractivity contribution is 0.727. The second-order valence-electron chi connectivity index (χ2n) is 4.10. The van der Waals surface area contributed by atoms with Crippen LogP contribution in [-0.4, -0.2) is 19.3 Å². The summed E-state index contributed by atoms with van der Waals surface area (Å²) in [6.07, 6.45) is 4.58. The number of unbranched alkanes of at least 4 members (excludes halogenated alkanes) is 1. The average Bonchev–Trinajstić information content (AvgIpc) is 2.39. The van der Waals surface area contributed by atoms with Gasteiger partial charge in [-0.1, -0.05) is 19.4 Å². The molecule has 0 aliphatic rings. The van der Waals surface area contributed by atoms with Gasteiger partial charge in [0.2, 0.25) is 0 Å². The topological polar surface area (TPSA) is 29.3 Å². The second-order valence-corrected chi connectivity index (χ2v) is 4.94. The average molecular weight is 252 g/mol. The molecular formula is C14H24N2S. The first-order valence-electron chi connectivity index (χ1n) is 6.39. The van der Waals surface area contributed by atoms with E-state index in [0.717, 1.165) is 13.1 Å². The molecule has 0 aliphatic carbocycles. The van der Waals surface area contributed by atoms with E-state index in [2.05, 4.69) is 43.2 Å². The monoisotopic (exact) mass is 252 g/mol. The van der Waals surface area contributed by atoms with Crippen LogP contribution in [0.4, 0.5) is 5.69 Å². The van der Waals surface area contributed by atoms with Crippen molar-refractivity contribution in [2.45, 2.75) is 38.1 Å². The SMILES string of the molecule is CCCCN(CC)c1cccc(SC)c1CN. The van der Waals surface area contributed by atoms with E-state index < -0.39 is 0 Å². The molecule has 3 heteroatoms. The van der Waals surface area contributed by atoms with Gasteiger partial charge in [-0.25, -0.2) is 0 Å². The van der Waals surface area contributed by atoms with Gasteiger partial charge in [-0.3, -0.25) is 0 Å². The number of nitrogens with two attached hydrogens (primary N) is 1. The van der Waals surface area contributed by atoms with Crippen molar-refractivity contribution in [3.05, 3.63) is 23.8 Å². The molecule has 0 aromatic heterocycles. The largest absolute Gasteiger partial charge is 0.372 e. The van der Waals surface area contributed by atoms with Crippen LogP contribution in [-0.2, 0) is 6.54 Å². The molecule has 17 heavy (non-hydrogen) atoms. The number of anilines is 1. The lowest BCUT2D eigenvalue weighted by atomic mass is 10.1.